The van der Waals surface area contributed by atoms with Gasteiger partial charge in [0.25, 0.3) is 0 Å². The molecule has 1 aromatic heterocycles. The molecule has 2 aromatic carbocycles. The van der Waals surface area contributed by atoms with Crippen molar-refractivity contribution in [2.45, 2.75) is 13.3 Å². The van der Waals surface area contributed by atoms with E-state index in [2.05, 4.69) is 55.8 Å². The molecule has 0 radical (unpaired) electrons. The molecule has 2 amide bonds. The molecular weight excluding hydrogens is 453 g/mol. The van der Waals surface area contributed by atoms with Crippen LogP contribution in [-0.4, -0.2) is 57.3 Å². The Morgan fingerprint density at radius 3 is 2.70 bits per heavy atom. The summed E-state index contributed by atoms with van der Waals surface area (Å²) in [5.74, 6) is 0.159. The van der Waals surface area contributed by atoms with Gasteiger partial charge in [-0.2, -0.15) is 4.68 Å². The lowest BCUT2D eigenvalue weighted by atomic mass is 10.1. The Labute approximate surface area is 181 Å². The number of hydrogen-bond donors (Lipinski definition) is 1. The van der Waals surface area contributed by atoms with Crippen LogP contribution in [0.1, 0.15) is 12.5 Å². The van der Waals surface area contributed by atoms with Crippen molar-refractivity contribution in [2.75, 3.05) is 36.4 Å². The van der Waals surface area contributed by atoms with Crippen molar-refractivity contribution in [1.82, 2.24) is 25.1 Å². The summed E-state index contributed by atoms with van der Waals surface area (Å²) in [6.07, 6.45) is 0.929. The number of rotatable bonds is 4. The third kappa shape index (κ3) is 4.28. The number of carbonyl (C=O) groups excluding carboxylic acids is 1. The summed E-state index contributed by atoms with van der Waals surface area (Å²) in [5, 5.41) is 14.8. The van der Waals surface area contributed by atoms with Gasteiger partial charge >= 0.3 is 6.03 Å². The van der Waals surface area contributed by atoms with Crippen molar-refractivity contribution in [3.63, 3.8) is 0 Å². The first kappa shape index (κ1) is 20.3. The van der Waals surface area contributed by atoms with Crippen LogP contribution in [0, 0.1) is 5.82 Å². The second-order valence-corrected chi connectivity index (χ2v) is 7.86. The summed E-state index contributed by atoms with van der Waals surface area (Å²) in [6, 6.07) is 12.3. The molecule has 1 N–H and O–H groups in total. The van der Waals surface area contributed by atoms with Crippen molar-refractivity contribution in [3.8, 4) is 5.69 Å². The Morgan fingerprint density at radius 1 is 1.17 bits per heavy atom. The number of nitrogens with one attached hydrogen (secondary N) is 1. The molecule has 1 saturated heterocycles. The number of nitrogens with zero attached hydrogens (tertiary/aromatic N) is 6. The predicted molar refractivity (Wildman–Crippen MR) is 115 cm³/mol. The van der Waals surface area contributed by atoms with Crippen LogP contribution in [0.25, 0.3) is 5.69 Å². The van der Waals surface area contributed by atoms with Crippen molar-refractivity contribution in [1.29, 1.82) is 0 Å². The fraction of sp³-hybridized carbons (Fsp3) is 0.300. The lowest BCUT2D eigenvalue weighted by molar-refractivity contribution is 0.207. The minimum Gasteiger partial charge on any atom is -0.336 e. The summed E-state index contributed by atoms with van der Waals surface area (Å²) in [4.78, 5) is 16.2. The molecule has 2 heterocycles. The van der Waals surface area contributed by atoms with Crippen molar-refractivity contribution < 1.29 is 9.18 Å². The van der Waals surface area contributed by atoms with Gasteiger partial charge in [0.15, 0.2) is 0 Å². The molecule has 1 aliphatic heterocycles. The van der Waals surface area contributed by atoms with Crippen LogP contribution in [0.15, 0.2) is 46.9 Å². The van der Waals surface area contributed by atoms with E-state index >= 15 is 0 Å². The first-order valence-corrected chi connectivity index (χ1v) is 10.5. The first-order valence-electron chi connectivity index (χ1n) is 9.69. The van der Waals surface area contributed by atoms with Crippen molar-refractivity contribution >= 4 is 33.6 Å². The molecule has 10 heteroatoms. The van der Waals surface area contributed by atoms with E-state index in [1.807, 2.05) is 17.0 Å². The molecule has 8 nitrogen and oxygen atoms in total. The summed E-state index contributed by atoms with van der Waals surface area (Å²) in [7, 11) is 0. The highest BCUT2D eigenvalue weighted by molar-refractivity contribution is 9.10. The number of halogens is 2. The topological polar surface area (TPSA) is 79.2 Å². The van der Waals surface area contributed by atoms with E-state index in [-0.39, 0.29) is 11.7 Å². The lowest BCUT2D eigenvalue weighted by Gasteiger charge is -2.34. The third-order valence-corrected chi connectivity index (χ3v) is 5.53. The minimum atomic E-state index is -0.482. The quantitative estimate of drug-likeness (QED) is 0.627. The highest BCUT2D eigenvalue weighted by Gasteiger charge is 2.25. The van der Waals surface area contributed by atoms with Gasteiger partial charge in [-0.15, -0.1) is 0 Å². The molecule has 3 aromatic rings. The lowest BCUT2D eigenvalue weighted by Crippen LogP contribution is -2.50. The molecule has 156 valence electrons. The number of urea groups is 1. The second-order valence-electron chi connectivity index (χ2n) is 6.94. The van der Waals surface area contributed by atoms with Gasteiger partial charge in [0.2, 0.25) is 5.95 Å². The molecule has 0 atom stereocenters. The second kappa shape index (κ2) is 8.78. The number of piperazine rings is 1. The van der Waals surface area contributed by atoms with Crippen LogP contribution in [0.4, 0.5) is 20.8 Å². The van der Waals surface area contributed by atoms with E-state index in [1.165, 1.54) is 17.7 Å². The van der Waals surface area contributed by atoms with Crippen LogP contribution in [0.2, 0.25) is 0 Å². The van der Waals surface area contributed by atoms with Crippen LogP contribution < -0.4 is 10.2 Å². The molecule has 4 rings (SSSR count). The van der Waals surface area contributed by atoms with Gasteiger partial charge in [-0.25, -0.2) is 9.18 Å². The van der Waals surface area contributed by atoms with Crippen molar-refractivity contribution in [2.24, 2.45) is 0 Å². The van der Waals surface area contributed by atoms with E-state index in [9.17, 15) is 9.18 Å². The molecule has 1 fully saturated rings. The summed E-state index contributed by atoms with van der Waals surface area (Å²) in [6.45, 7) is 4.20. The van der Waals surface area contributed by atoms with Crippen LogP contribution >= 0.6 is 15.9 Å². The monoisotopic (exact) mass is 473 g/mol. The maximum Gasteiger partial charge on any atom is 0.322 e. The molecule has 30 heavy (non-hydrogen) atoms. The number of amides is 2. The van der Waals surface area contributed by atoms with Gasteiger partial charge in [0.05, 0.1) is 11.4 Å². The first-order chi connectivity index (χ1) is 14.5. The molecule has 0 bridgehead atoms. The smallest absolute Gasteiger partial charge is 0.322 e. The summed E-state index contributed by atoms with van der Waals surface area (Å²) in [5.41, 5.74) is 2.27. The highest BCUT2D eigenvalue weighted by Crippen LogP contribution is 2.21. The van der Waals surface area contributed by atoms with Crippen LogP contribution in [-0.2, 0) is 6.42 Å². The average Bonchev–Trinajstić information content (AvgIpc) is 3.26. The minimum absolute atomic E-state index is 0.158. The number of hydrogen-bond acceptors (Lipinski definition) is 5. The van der Waals surface area contributed by atoms with Crippen LogP contribution in [0.3, 0.4) is 0 Å². The predicted octanol–water partition coefficient (Wildman–Crippen LogP) is 3.48. The number of anilines is 2. The van der Waals surface area contributed by atoms with Gasteiger partial charge in [0.1, 0.15) is 5.82 Å². The van der Waals surface area contributed by atoms with E-state index < -0.39 is 5.82 Å². The zero-order valence-corrected chi connectivity index (χ0v) is 18.0. The maximum absolute atomic E-state index is 14.0. The Bertz CT molecular complexity index is 1050. The molecular formula is C20H21BrFN7O. The van der Waals surface area contributed by atoms with Crippen LogP contribution in [0.5, 0.6) is 0 Å². The van der Waals surface area contributed by atoms with Crippen molar-refractivity contribution in [3.05, 3.63) is 58.3 Å². The largest absolute Gasteiger partial charge is 0.336 e. The third-order valence-electron chi connectivity index (χ3n) is 5.04. The molecule has 0 aliphatic carbocycles. The van der Waals surface area contributed by atoms with Gasteiger partial charge in [-0.3, -0.25) is 0 Å². The van der Waals surface area contributed by atoms with E-state index in [1.54, 1.807) is 15.6 Å². The Morgan fingerprint density at radius 2 is 1.97 bits per heavy atom. The molecule has 0 unspecified atom stereocenters. The molecule has 0 saturated carbocycles. The summed E-state index contributed by atoms with van der Waals surface area (Å²) >= 11 is 3.21. The standard InChI is InChI=1S/C20H21BrFN7O/c1-2-14-4-3-5-16(12-14)29-19(24-25-26-29)27-8-10-28(11-9-27)20(30)23-18-7-6-15(21)13-17(18)22/h3-7,12-13H,2,8-11H2,1H3,(H,23,30). The Hall–Kier alpha value is -3.01. The van der Waals surface area contributed by atoms with Gasteiger partial charge < -0.3 is 15.1 Å². The Balaban J connectivity index is 1.41. The average molecular weight is 474 g/mol. The van der Waals surface area contributed by atoms with E-state index in [0.29, 0.717) is 36.6 Å². The molecule has 1 aliphatic rings. The normalized spacial score (nSPS) is 14.1. The Kier molecular flexibility index (Phi) is 5.93. The van der Waals surface area contributed by atoms with Gasteiger partial charge in [-0.05, 0) is 52.7 Å². The number of aromatic nitrogens is 4. The number of tetrazole rings is 1. The fourth-order valence-corrected chi connectivity index (χ4v) is 3.68. The zero-order valence-electron chi connectivity index (χ0n) is 16.4. The van der Waals surface area contributed by atoms with Gasteiger partial charge in [-0.1, -0.05) is 40.1 Å². The maximum atomic E-state index is 14.0. The molecule has 0 spiro atoms. The number of aryl methyl sites for hydroxylation is 1. The van der Waals surface area contributed by atoms with E-state index in [4.69, 9.17) is 0 Å². The zero-order chi connectivity index (χ0) is 21.1. The SMILES string of the molecule is CCc1cccc(-n2nnnc2N2CCN(C(=O)Nc3ccc(Br)cc3F)CC2)c1. The van der Waals surface area contributed by atoms with E-state index in [0.717, 1.165) is 12.1 Å². The van der Waals surface area contributed by atoms with Gasteiger partial charge in [0, 0.05) is 30.7 Å². The summed E-state index contributed by atoms with van der Waals surface area (Å²) < 4.78 is 16.3. The fourth-order valence-electron chi connectivity index (χ4n) is 3.35. The number of benzene rings is 2. The highest BCUT2D eigenvalue weighted by atomic mass is 79.9. The number of carbonyl (C=O) groups is 1.